The van der Waals surface area contributed by atoms with Crippen LogP contribution in [0.5, 0.6) is 0 Å². The van der Waals surface area contributed by atoms with Gasteiger partial charge >= 0.3 is 11.7 Å². The highest BCUT2D eigenvalue weighted by Gasteiger charge is 2.38. The van der Waals surface area contributed by atoms with Crippen molar-refractivity contribution in [3.63, 3.8) is 0 Å². The van der Waals surface area contributed by atoms with Crippen molar-refractivity contribution in [2.75, 3.05) is 18.0 Å². The molecule has 1 saturated heterocycles. The van der Waals surface area contributed by atoms with Gasteiger partial charge in [-0.25, -0.2) is 19.7 Å². The third kappa shape index (κ3) is 3.28. The van der Waals surface area contributed by atoms with E-state index in [1.54, 1.807) is 15.4 Å². The van der Waals surface area contributed by atoms with Gasteiger partial charge in [0.25, 0.3) is 0 Å². The van der Waals surface area contributed by atoms with Crippen LogP contribution in [0.1, 0.15) is 12.5 Å². The van der Waals surface area contributed by atoms with Gasteiger partial charge in [-0.1, -0.05) is 12.1 Å². The molecule has 12 nitrogen and oxygen atoms in total. The Balaban J connectivity index is 1.39. The van der Waals surface area contributed by atoms with Crippen LogP contribution < -0.4 is 10.6 Å². The second-order valence-corrected chi connectivity index (χ2v) is 8.83. The number of para-hydroxylation sites is 2. The summed E-state index contributed by atoms with van der Waals surface area (Å²) in [5, 5.41) is 14.4. The standard InChI is InChI=1S/C23H23N9O3/c1-29-10-13(9-26-29)19-28-18-20(30(19)2)24-12-25-21(18)31-8-7-16(14(11-31)22(33)34)32-17-6-4-3-5-15(17)27-23(32)35/h3-6,9-10,12,14,16H,7-8,11H2,1-2H3,(H,27,35)(H,33,34)/t14-,16+/m0/s1. The average molecular weight is 473 g/mol. The normalized spacial score (nSPS) is 18.5. The van der Waals surface area contributed by atoms with Crippen LogP contribution in [-0.4, -0.2) is 63.0 Å². The third-order valence-corrected chi connectivity index (χ3v) is 6.75. The fourth-order valence-corrected chi connectivity index (χ4v) is 5.10. The highest BCUT2D eigenvalue weighted by Crippen LogP contribution is 2.34. The number of hydrogen-bond acceptors (Lipinski definition) is 7. The van der Waals surface area contributed by atoms with Gasteiger partial charge in [0.05, 0.1) is 34.8 Å². The fraction of sp³-hybridized carbons (Fsp3) is 0.304. The second kappa shape index (κ2) is 7.79. The van der Waals surface area contributed by atoms with E-state index in [1.165, 1.54) is 6.33 Å². The molecule has 5 heterocycles. The van der Waals surface area contributed by atoms with Crippen LogP contribution >= 0.6 is 0 Å². The van der Waals surface area contributed by atoms with Crippen molar-refractivity contribution in [2.45, 2.75) is 12.5 Å². The van der Waals surface area contributed by atoms with E-state index in [2.05, 4.69) is 20.1 Å². The number of rotatable bonds is 4. The number of aromatic nitrogens is 8. The van der Waals surface area contributed by atoms with Crippen LogP contribution in [0.15, 0.2) is 47.8 Å². The van der Waals surface area contributed by atoms with Crippen LogP contribution in [0.2, 0.25) is 0 Å². The van der Waals surface area contributed by atoms with Crippen LogP contribution in [0.4, 0.5) is 5.82 Å². The minimum absolute atomic E-state index is 0.191. The number of carbonyl (C=O) groups is 1. The lowest BCUT2D eigenvalue weighted by Gasteiger charge is -2.37. The molecule has 0 aliphatic carbocycles. The Kier molecular flexibility index (Phi) is 4.69. The molecule has 12 heteroatoms. The molecule has 2 N–H and O–H groups in total. The number of aliphatic carboxylic acids is 1. The first-order valence-electron chi connectivity index (χ1n) is 11.3. The monoisotopic (exact) mass is 473 g/mol. The van der Waals surface area contributed by atoms with Gasteiger partial charge in [0.2, 0.25) is 0 Å². The number of H-pyrrole nitrogens is 1. The number of anilines is 1. The Bertz CT molecular complexity index is 1640. The van der Waals surface area contributed by atoms with Crippen molar-refractivity contribution in [3.8, 4) is 11.4 Å². The lowest BCUT2D eigenvalue weighted by molar-refractivity contribution is -0.143. The number of hydrogen-bond donors (Lipinski definition) is 2. The molecule has 0 amide bonds. The zero-order valence-corrected chi connectivity index (χ0v) is 19.2. The lowest BCUT2D eigenvalue weighted by Crippen LogP contribution is -2.46. The molecule has 35 heavy (non-hydrogen) atoms. The van der Waals surface area contributed by atoms with E-state index in [1.807, 2.05) is 54.0 Å². The largest absolute Gasteiger partial charge is 0.481 e. The molecule has 0 saturated carbocycles. The number of imidazole rings is 2. The predicted molar refractivity (Wildman–Crippen MR) is 128 cm³/mol. The number of aromatic amines is 1. The van der Waals surface area contributed by atoms with E-state index in [0.717, 1.165) is 5.56 Å². The molecular formula is C23H23N9O3. The Morgan fingerprint density at radius 3 is 2.80 bits per heavy atom. The summed E-state index contributed by atoms with van der Waals surface area (Å²) in [6.07, 6.45) is 5.54. The van der Waals surface area contributed by atoms with Crippen LogP contribution in [-0.2, 0) is 18.9 Å². The molecule has 0 spiro atoms. The van der Waals surface area contributed by atoms with Gasteiger partial charge in [-0.15, -0.1) is 0 Å². The molecule has 0 radical (unpaired) electrons. The second-order valence-electron chi connectivity index (χ2n) is 8.83. The molecule has 1 aliphatic rings. The van der Waals surface area contributed by atoms with E-state index in [0.29, 0.717) is 46.8 Å². The molecule has 1 fully saturated rings. The first-order chi connectivity index (χ1) is 16.9. The number of piperidine rings is 1. The number of benzene rings is 1. The van der Waals surface area contributed by atoms with Gasteiger partial charge < -0.3 is 19.6 Å². The maximum absolute atomic E-state index is 12.8. The number of carboxylic acid groups (broad SMARTS) is 1. The Labute approximate surface area is 198 Å². The molecule has 178 valence electrons. The summed E-state index contributed by atoms with van der Waals surface area (Å²) < 4.78 is 5.17. The fourth-order valence-electron chi connectivity index (χ4n) is 5.10. The quantitative estimate of drug-likeness (QED) is 0.401. The van der Waals surface area contributed by atoms with E-state index >= 15 is 0 Å². The summed E-state index contributed by atoms with van der Waals surface area (Å²) in [6.45, 7) is 0.710. The molecule has 0 bridgehead atoms. The average Bonchev–Trinajstić information content (AvgIpc) is 3.53. The summed E-state index contributed by atoms with van der Waals surface area (Å²) in [5.74, 6) is -0.493. The zero-order valence-electron chi connectivity index (χ0n) is 19.2. The van der Waals surface area contributed by atoms with Crippen molar-refractivity contribution < 1.29 is 9.90 Å². The van der Waals surface area contributed by atoms with Crippen LogP contribution in [0.25, 0.3) is 33.6 Å². The first kappa shape index (κ1) is 21.1. The number of nitrogens with zero attached hydrogens (tertiary/aromatic N) is 8. The first-order valence-corrected chi connectivity index (χ1v) is 11.3. The molecule has 5 aromatic rings. The molecule has 4 aromatic heterocycles. The third-order valence-electron chi connectivity index (χ3n) is 6.75. The molecular weight excluding hydrogens is 450 g/mol. The van der Waals surface area contributed by atoms with E-state index in [9.17, 15) is 14.7 Å². The Morgan fingerprint density at radius 2 is 2.03 bits per heavy atom. The van der Waals surface area contributed by atoms with Gasteiger partial charge in [-0.05, 0) is 18.6 Å². The van der Waals surface area contributed by atoms with Crippen LogP contribution in [0.3, 0.4) is 0 Å². The van der Waals surface area contributed by atoms with Gasteiger partial charge in [0.15, 0.2) is 17.0 Å². The van der Waals surface area contributed by atoms with Crippen molar-refractivity contribution in [3.05, 3.63) is 53.5 Å². The lowest BCUT2D eigenvalue weighted by atomic mass is 9.91. The number of fused-ring (bicyclic) bond motifs is 2. The topological polar surface area (TPSA) is 140 Å². The van der Waals surface area contributed by atoms with Crippen LogP contribution in [0, 0.1) is 5.92 Å². The zero-order chi connectivity index (χ0) is 24.3. The predicted octanol–water partition coefficient (Wildman–Crippen LogP) is 1.56. The summed E-state index contributed by atoms with van der Waals surface area (Å²) in [7, 11) is 3.72. The minimum Gasteiger partial charge on any atom is -0.481 e. The molecule has 2 atom stereocenters. The maximum atomic E-state index is 12.8. The van der Waals surface area contributed by atoms with Crippen molar-refractivity contribution in [2.24, 2.45) is 20.0 Å². The van der Waals surface area contributed by atoms with Crippen molar-refractivity contribution in [1.82, 2.24) is 38.9 Å². The molecule has 1 aromatic carbocycles. The van der Waals surface area contributed by atoms with Gasteiger partial charge in [0.1, 0.15) is 12.2 Å². The SMILES string of the molecule is Cn1cc(-c2nc3c(N4CC[C@@H](n5c(=O)[nH]c6ccccc65)[C@@H](C(=O)O)C4)ncnc3n2C)cn1. The smallest absolute Gasteiger partial charge is 0.326 e. The van der Waals surface area contributed by atoms with Crippen molar-refractivity contribution >= 4 is 34.0 Å². The van der Waals surface area contributed by atoms with Gasteiger partial charge in [-0.3, -0.25) is 14.0 Å². The minimum atomic E-state index is -0.959. The van der Waals surface area contributed by atoms with Gasteiger partial charge in [-0.2, -0.15) is 5.10 Å². The van der Waals surface area contributed by atoms with E-state index in [-0.39, 0.29) is 12.2 Å². The number of nitrogens with one attached hydrogen (secondary N) is 1. The summed E-state index contributed by atoms with van der Waals surface area (Å²) >= 11 is 0. The number of carboxylic acids is 1. The number of aryl methyl sites for hydroxylation is 2. The molecule has 0 unspecified atom stereocenters. The van der Waals surface area contributed by atoms with E-state index in [4.69, 9.17) is 4.98 Å². The summed E-state index contributed by atoms with van der Waals surface area (Å²) in [5.41, 5.74) is 3.19. The summed E-state index contributed by atoms with van der Waals surface area (Å²) in [4.78, 5) is 43.6. The molecule has 1 aliphatic heterocycles. The summed E-state index contributed by atoms with van der Waals surface area (Å²) in [6, 6.07) is 6.85. The maximum Gasteiger partial charge on any atom is 0.326 e. The molecule has 6 rings (SSSR count). The highest BCUT2D eigenvalue weighted by atomic mass is 16.4. The van der Waals surface area contributed by atoms with E-state index < -0.39 is 17.9 Å². The Hall–Kier alpha value is -4.48. The van der Waals surface area contributed by atoms with Gasteiger partial charge in [0, 0.05) is 33.4 Å². The van der Waals surface area contributed by atoms with Crippen molar-refractivity contribution in [1.29, 1.82) is 0 Å². The Morgan fingerprint density at radius 1 is 1.20 bits per heavy atom. The highest BCUT2D eigenvalue weighted by molar-refractivity contribution is 5.87.